The summed E-state index contributed by atoms with van der Waals surface area (Å²) in [7, 11) is 0. The molecule has 1 aromatic carbocycles. The lowest BCUT2D eigenvalue weighted by atomic mass is 10.1. The lowest BCUT2D eigenvalue weighted by Crippen LogP contribution is -2.18. The second-order valence-electron chi connectivity index (χ2n) is 5.72. The molecule has 3 rings (SSSR count). The number of amides is 1. The van der Waals surface area contributed by atoms with E-state index in [1.807, 2.05) is 13.0 Å². The van der Waals surface area contributed by atoms with Gasteiger partial charge < -0.3 is 10.2 Å². The van der Waals surface area contributed by atoms with Crippen molar-refractivity contribution in [3.8, 4) is 0 Å². The number of halogens is 1. The number of aromatic nitrogens is 2. The van der Waals surface area contributed by atoms with E-state index in [9.17, 15) is 4.79 Å². The molecule has 0 atom stereocenters. The van der Waals surface area contributed by atoms with Crippen molar-refractivity contribution in [2.24, 2.45) is 0 Å². The van der Waals surface area contributed by atoms with Crippen LogP contribution in [0.3, 0.4) is 0 Å². The summed E-state index contributed by atoms with van der Waals surface area (Å²) in [6.07, 6.45) is 2.50. The van der Waals surface area contributed by atoms with Gasteiger partial charge in [0.2, 0.25) is 5.91 Å². The number of hydrogen-bond donors (Lipinski definition) is 1. The van der Waals surface area contributed by atoms with E-state index >= 15 is 0 Å². The highest BCUT2D eigenvalue weighted by molar-refractivity contribution is 7.99. The maximum absolute atomic E-state index is 12.1. The van der Waals surface area contributed by atoms with Gasteiger partial charge in [0.25, 0.3) is 0 Å². The van der Waals surface area contributed by atoms with Crippen LogP contribution in [0.15, 0.2) is 35.4 Å². The fourth-order valence-corrected chi connectivity index (χ4v) is 3.38. The number of carbonyl (C=O) groups is 1. The van der Waals surface area contributed by atoms with Crippen molar-refractivity contribution >= 4 is 40.6 Å². The molecule has 1 aromatic heterocycles. The largest absolute Gasteiger partial charge is 0.372 e. The molecule has 2 heterocycles. The summed E-state index contributed by atoms with van der Waals surface area (Å²) in [5.74, 6) is 0.220. The first-order chi connectivity index (χ1) is 11.6. The number of anilines is 2. The SMILES string of the molecule is Cc1cc(N2CCCC2)ccc1NC(=O)CSc1ccc(Cl)nn1. The van der Waals surface area contributed by atoms with Crippen LogP contribution in [0.25, 0.3) is 0 Å². The van der Waals surface area contributed by atoms with Crippen molar-refractivity contribution in [3.05, 3.63) is 41.0 Å². The predicted molar refractivity (Wildman–Crippen MR) is 99.0 cm³/mol. The minimum Gasteiger partial charge on any atom is -0.372 e. The molecule has 1 aliphatic heterocycles. The minimum absolute atomic E-state index is 0.0613. The summed E-state index contributed by atoms with van der Waals surface area (Å²) >= 11 is 7.03. The van der Waals surface area contributed by atoms with E-state index in [2.05, 4.69) is 32.5 Å². The highest BCUT2D eigenvalue weighted by atomic mass is 35.5. The van der Waals surface area contributed by atoms with Gasteiger partial charge in [0.05, 0.1) is 5.75 Å². The number of carbonyl (C=O) groups excluding carboxylic acids is 1. The Hall–Kier alpha value is -1.79. The number of thioether (sulfide) groups is 1. The quantitative estimate of drug-likeness (QED) is 0.820. The van der Waals surface area contributed by atoms with Crippen LogP contribution in [0.2, 0.25) is 5.15 Å². The predicted octanol–water partition coefficient (Wildman–Crippen LogP) is 3.77. The van der Waals surface area contributed by atoms with Crippen LogP contribution in [0, 0.1) is 6.92 Å². The van der Waals surface area contributed by atoms with Crippen LogP contribution >= 0.6 is 23.4 Å². The fraction of sp³-hybridized carbons (Fsp3) is 0.353. The lowest BCUT2D eigenvalue weighted by Gasteiger charge is -2.19. The molecular formula is C17H19ClN4OS. The van der Waals surface area contributed by atoms with Gasteiger partial charge in [-0.25, -0.2) is 0 Å². The summed E-state index contributed by atoms with van der Waals surface area (Å²) in [6.45, 7) is 4.25. The molecule has 126 valence electrons. The third kappa shape index (κ3) is 4.39. The molecule has 0 aliphatic carbocycles. The van der Waals surface area contributed by atoms with E-state index in [0.29, 0.717) is 10.2 Å². The van der Waals surface area contributed by atoms with Crippen molar-refractivity contribution in [2.45, 2.75) is 24.8 Å². The zero-order valence-corrected chi connectivity index (χ0v) is 15.0. The summed E-state index contributed by atoms with van der Waals surface area (Å²) in [6, 6.07) is 9.61. The van der Waals surface area contributed by atoms with E-state index in [1.54, 1.807) is 12.1 Å². The van der Waals surface area contributed by atoms with Crippen molar-refractivity contribution in [2.75, 3.05) is 29.1 Å². The Morgan fingerprint density at radius 1 is 1.25 bits per heavy atom. The first-order valence-corrected chi connectivity index (χ1v) is 9.26. The van der Waals surface area contributed by atoms with Gasteiger partial charge in [-0.15, -0.1) is 10.2 Å². The van der Waals surface area contributed by atoms with Crippen LogP contribution in [0.4, 0.5) is 11.4 Å². The lowest BCUT2D eigenvalue weighted by molar-refractivity contribution is -0.113. The Bertz CT molecular complexity index is 717. The summed E-state index contributed by atoms with van der Waals surface area (Å²) < 4.78 is 0. The van der Waals surface area contributed by atoms with Gasteiger partial charge in [-0.05, 0) is 55.7 Å². The van der Waals surface area contributed by atoms with Crippen LogP contribution in [0.5, 0.6) is 0 Å². The fourth-order valence-electron chi connectivity index (χ4n) is 2.67. The van der Waals surface area contributed by atoms with Gasteiger partial charge in [-0.2, -0.15) is 0 Å². The molecule has 0 saturated carbocycles. The van der Waals surface area contributed by atoms with E-state index < -0.39 is 0 Å². The van der Waals surface area contributed by atoms with E-state index in [0.717, 1.165) is 24.3 Å². The molecule has 7 heteroatoms. The van der Waals surface area contributed by atoms with Gasteiger partial charge in [-0.1, -0.05) is 23.4 Å². The molecule has 1 amide bonds. The third-order valence-electron chi connectivity index (χ3n) is 3.91. The zero-order valence-electron chi connectivity index (χ0n) is 13.5. The van der Waals surface area contributed by atoms with Crippen LogP contribution in [-0.4, -0.2) is 34.9 Å². The Kier molecular flexibility index (Phi) is 5.58. The Morgan fingerprint density at radius 3 is 2.71 bits per heavy atom. The average Bonchev–Trinajstić information content (AvgIpc) is 3.11. The van der Waals surface area contributed by atoms with Gasteiger partial charge in [0.1, 0.15) is 5.03 Å². The number of aryl methyl sites for hydroxylation is 1. The number of nitrogens with zero attached hydrogens (tertiary/aromatic N) is 3. The molecular weight excluding hydrogens is 344 g/mol. The molecule has 24 heavy (non-hydrogen) atoms. The molecule has 0 radical (unpaired) electrons. The highest BCUT2D eigenvalue weighted by Crippen LogP contribution is 2.26. The first-order valence-electron chi connectivity index (χ1n) is 7.89. The van der Waals surface area contributed by atoms with Crippen LogP contribution in [0.1, 0.15) is 18.4 Å². The monoisotopic (exact) mass is 362 g/mol. The summed E-state index contributed by atoms with van der Waals surface area (Å²) in [5.41, 5.74) is 3.16. The van der Waals surface area contributed by atoms with Crippen molar-refractivity contribution in [1.29, 1.82) is 0 Å². The van der Waals surface area contributed by atoms with E-state index in [1.165, 1.54) is 30.3 Å². The first kappa shape index (κ1) is 17.0. The number of nitrogens with one attached hydrogen (secondary N) is 1. The van der Waals surface area contributed by atoms with Crippen LogP contribution < -0.4 is 10.2 Å². The molecule has 1 saturated heterocycles. The molecule has 1 N–H and O–H groups in total. The molecule has 0 spiro atoms. The topological polar surface area (TPSA) is 58.1 Å². The minimum atomic E-state index is -0.0613. The molecule has 0 bridgehead atoms. The van der Waals surface area contributed by atoms with Gasteiger partial charge in [-0.3, -0.25) is 4.79 Å². The van der Waals surface area contributed by atoms with Crippen molar-refractivity contribution in [3.63, 3.8) is 0 Å². The Labute approximate surface area is 150 Å². The maximum atomic E-state index is 12.1. The van der Waals surface area contributed by atoms with Crippen molar-refractivity contribution < 1.29 is 4.79 Å². The summed E-state index contributed by atoms with van der Waals surface area (Å²) in [5, 5.41) is 11.7. The second-order valence-corrected chi connectivity index (χ2v) is 7.11. The number of hydrogen-bond acceptors (Lipinski definition) is 5. The molecule has 5 nitrogen and oxygen atoms in total. The third-order valence-corrected chi connectivity index (χ3v) is 5.04. The Morgan fingerprint density at radius 2 is 2.04 bits per heavy atom. The molecule has 2 aromatic rings. The molecule has 1 fully saturated rings. The smallest absolute Gasteiger partial charge is 0.234 e. The van der Waals surface area contributed by atoms with Crippen molar-refractivity contribution in [1.82, 2.24) is 10.2 Å². The second kappa shape index (κ2) is 7.85. The molecule has 1 aliphatic rings. The molecule has 0 unspecified atom stereocenters. The highest BCUT2D eigenvalue weighted by Gasteiger charge is 2.13. The zero-order chi connectivity index (χ0) is 16.9. The number of benzene rings is 1. The van der Waals surface area contributed by atoms with Crippen LogP contribution in [-0.2, 0) is 4.79 Å². The number of rotatable bonds is 5. The van der Waals surface area contributed by atoms with E-state index in [4.69, 9.17) is 11.6 Å². The average molecular weight is 363 g/mol. The van der Waals surface area contributed by atoms with Gasteiger partial charge >= 0.3 is 0 Å². The Balaban J connectivity index is 1.56. The van der Waals surface area contributed by atoms with Gasteiger partial charge in [0, 0.05) is 24.5 Å². The maximum Gasteiger partial charge on any atom is 0.234 e. The summed E-state index contributed by atoms with van der Waals surface area (Å²) in [4.78, 5) is 14.5. The van der Waals surface area contributed by atoms with Gasteiger partial charge in [0.15, 0.2) is 5.15 Å². The van der Waals surface area contributed by atoms with E-state index in [-0.39, 0.29) is 11.7 Å². The standard InChI is InChI=1S/C17H19ClN4OS/c1-12-10-13(22-8-2-3-9-22)4-5-14(12)19-16(23)11-24-17-7-6-15(18)20-21-17/h4-7,10H,2-3,8-9,11H2,1H3,(H,19,23). The normalized spacial score (nSPS) is 14.0.